The zero-order valence-corrected chi connectivity index (χ0v) is 16.1. The van der Waals surface area contributed by atoms with Crippen LogP contribution in [0.25, 0.3) is 0 Å². The summed E-state index contributed by atoms with van der Waals surface area (Å²) in [5.41, 5.74) is 1.27. The third kappa shape index (κ3) is 9.59. The standard InChI is InChI=1S/C17H34O5Si/c1-5-20-23(21-6-2,22-7-3)13-9-11-16(4)10-8-12-18-14-17-15-19-17/h17H,4-15H2,1-3H3. The maximum absolute atomic E-state index is 5.87. The van der Waals surface area contributed by atoms with Crippen LogP contribution in [0.1, 0.15) is 46.5 Å². The van der Waals surface area contributed by atoms with Gasteiger partial charge >= 0.3 is 8.80 Å². The van der Waals surface area contributed by atoms with Crippen molar-refractivity contribution in [1.29, 1.82) is 0 Å². The molecule has 0 spiro atoms. The van der Waals surface area contributed by atoms with Gasteiger partial charge in [-0.25, -0.2) is 0 Å². The average molecular weight is 347 g/mol. The van der Waals surface area contributed by atoms with Crippen LogP contribution in [0.15, 0.2) is 12.2 Å². The Morgan fingerprint density at radius 3 is 2.13 bits per heavy atom. The maximum Gasteiger partial charge on any atom is 0.500 e. The van der Waals surface area contributed by atoms with Crippen molar-refractivity contribution in [3.05, 3.63) is 12.2 Å². The Labute approximate surface area is 142 Å². The van der Waals surface area contributed by atoms with E-state index in [4.69, 9.17) is 22.8 Å². The van der Waals surface area contributed by atoms with Gasteiger partial charge in [0.2, 0.25) is 0 Å². The predicted octanol–water partition coefficient (Wildman–Crippen LogP) is 3.57. The van der Waals surface area contributed by atoms with E-state index in [-0.39, 0.29) is 0 Å². The quantitative estimate of drug-likeness (QED) is 0.185. The van der Waals surface area contributed by atoms with E-state index < -0.39 is 8.80 Å². The first kappa shape index (κ1) is 20.8. The monoisotopic (exact) mass is 346 g/mol. The van der Waals surface area contributed by atoms with Crippen LogP contribution in [0.2, 0.25) is 6.04 Å². The molecule has 0 aromatic heterocycles. The molecule has 0 radical (unpaired) electrons. The molecular formula is C17H34O5Si. The van der Waals surface area contributed by atoms with E-state index in [2.05, 4.69) is 6.58 Å². The first-order chi connectivity index (χ1) is 11.2. The van der Waals surface area contributed by atoms with Crippen molar-refractivity contribution >= 4 is 8.80 Å². The third-order valence-electron chi connectivity index (χ3n) is 3.63. The molecule has 23 heavy (non-hydrogen) atoms. The zero-order chi connectivity index (χ0) is 17.0. The highest BCUT2D eigenvalue weighted by Crippen LogP contribution is 2.22. The van der Waals surface area contributed by atoms with Crippen molar-refractivity contribution in [2.45, 2.75) is 58.6 Å². The van der Waals surface area contributed by atoms with Crippen LogP contribution in [0.4, 0.5) is 0 Å². The van der Waals surface area contributed by atoms with Crippen LogP contribution in [0.3, 0.4) is 0 Å². The number of hydrogen-bond acceptors (Lipinski definition) is 5. The maximum atomic E-state index is 5.87. The summed E-state index contributed by atoms with van der Waals surface area (Å²) in [6.45, 7) is 14.4. The molecule has 1 saturated heterocycles. The zero-order valence-electron chi connectivity index (χ0n) is 15.1. The molecule has 5 nitrogen and oxygen atoms in total. The van der Waals surface area contributed by atoms with E-state index in [0.717, 1.165) is 51.5 Å². The van der Waals surface area contributed by atoms with Gasteiger partial charge in [-0.1, -0.05) is 12.2 Å². The summed E-state index contributed by atoms with van der Waals surface area (Å²) in [5, 5.41) is 0. The first-order valence-corrected chi connectivity index (χ1v) is 10.9. The number of rotatable bonds is 16. The average Bonchev–Trinajstić information content (AvgIpc) is 3.32. The van der Waals surface area contributed by atoms with E-state index in [1.165, 1.54) is 5.57 Å². The fraction of sp³-hybridized carbons (Fsp3) is 0.882. The number of hydrogen-bond donors (Lipinski definition) is 0. The van der Waals surface area contributed by atoms with Crippen LogP contribution in [-0.4, -0.2) is 54.5 Å². The molecule has 136 valence electrons. The normalized spacial score (nSPS) is 17.4. The molecule has 1 aliphatic rings. The molecule has 0 aromatic rings. The summed E-state index contributed by atoms with van der Waals surface area (Å²) in [4.78, 5) is 0. The van der Waals surface area contributed by atoms with Crippen molar-refractivity contribution in [2.75, 3.05) is 39.6 Å². The molecule has 0 aliphatic carbocycles. The molecule has 1 unspecified atom stereocenters. The molecular weight excluding hydrogens is 312 g/mol. The van der Waals surface area contributed by atoms with Crippen LogP contribution in [0, 0.1) is 0 Å². The van der Waals surface area contributed by atoms with Crippen molar-refractivity contribution in [1.82, 2.24) is 0 Å². The molecule has 0 bridgehead atoms. The van der Waals surface area contributed by atoms with Crippen molar-refractivity contribution in [3.8, 4) is 0 Å². The summed E-state index contributed by atoms with van der Waals surface area (Å²) in [6, 6.07) is 0.858. The van der Waals surface area contributed by atoms with Gasteiger partial charge in [-0.15, -0.1) is 0 Å². The highest BCUT2D eigenvalue weighted by Gasteiger charge is 2.39. The van der Waals surface area contributed by atoms with Gasteiger partial charge in [-0.3, -0.25) is 0 Å². The molecule has 0 saturated carbocycles. The van der Waals surface area contributed by atoms with Crippen LogP contribution >= 0.6 is 0 Å². The van der Waals surface area contributed by atoms with Gasteiger partial charge in [-0.2, -0.15) is 0 Å². The Morgan fingerprint density at radius 2 is 1.61 bits per heavy atom. The summed E-state index contributed by atoms with van der Waals surface area (Å²) >= 11 is 0. The minimum atomic E-state index is -2.49. The molecule has 1 fully saturated rings. The van der Waals surface area contributed by atoms with Crippen molar-refractivity contribution < 1.29 is 22.8 Å². The van der Waals surface area contributed by atoms with Crippen LogP contribution < -0.4 is 0 Å². The lowest BCUT2D eigenvalue weighted by molar-refractivity contribution is 0.0708. The van der Waals surface area contributed by atoms with Crippen LogP contribution in [-0.2, 0) is 22.8 Å². The molecule has 6 heteroatoms. The van der Waals surface area contributed by atoms with Gasteiger partial charge in [-0.05, 0) is 46.5 Å². The fourth-order valence-electron chi connectivity index (χ4n) is 2.48. The topological polar surface area (TPSA) is 49.5 Å². The number of allylic oxidation sites excluding steroid dienone is 1. The Bertz CT molecular complexity index is 303. The highest BCUT2D eigenvalue weighted by atomic mass is 28.4. The summed E-state index contributed by atoms with van der Waals surface area (Å²) in [7, 11) is -2.49. The molecule has 0 amide bonds. The van der Waals surface area contributed by atoms with Gasteiger partial charge in [0, 0.05) is 32.5 Å². The molecule has 1 atom stereocenters. The van der Waals surface area contributed by atoms with Gasteiger partial charge in [0.1, 0.15) is 6.10 Å². The lowest BCUT2D eigenvalue weighted by Crippen LogP contribution is -2.45. The van der Waals surface area contributed by atoms with E-state index in [1.807, 2.05) is 20.8 Å². The van der Waals surface area contributed by atoms with E-state index >= 15 is 0 Å². The van der Waals surface area contributed by atoms with Gasteiger partial charge in [0.15, 0.2) is 0 Å². The smallest absolute Gasteiger partial charge is 0.379 e. The Kier molecular flexibility index (Phi) is 11.0. The second-order valence-corrected chi connectivity index (χ2v) is 8.45. The van der Waals surface area contributed by atoms with Gasteiger partial charge < -0.3 is 22.8 Å². The Hall–Kier alpha value is -0.243. The summed E-state index contributed by atoms with van der Waals surface area (Å²) < 4.78 is 28.2. The number of ether oxygens (including phenoxy) is 2. The lowest BCUT2D eigenvalue weighted by atomic mass is 10.1. The van der Waals surface area contributed by atoms with Crippen LogP contribution in [0.5, 0.6) is 0 Å². The lowest BCUT2D eigenvalue weighted by Gasteiger charge is -2.28. The fourth-order valence-corrected chi connectivity index (χ4v) is 5.10. The summed E-state index contributed by atoms with van der Waals surface area (Å²) in [5.74, 6) is 0. The van der Waals surface area contributed by atoms with E-state index in [1.54, 1.807) is 0 Å². The van der Waals surface area contributed by atoms with Gasteiger partial charge in [0.25, 0.3) is 0 Å². The van der Waals surface area contributed by atoms with Crippen molar-refractivity contribution in [2.24, 2.45) is 0 Å². The third-order valence-corrected chi connectivity index (χ3v) is 6.78. The molecule has 1 rings (SSSR count). The van der Waals surface area contributed by atoms with E-state index in [0.29, 0.717) is 25.9 Å². The second kappa shape index (κ2) is 12.2. The minimum Gasteiger partial charge on any atom is -0.379 e. The predicted molar refractivity (Wildman–Crippen MR) is 93.6 cm³/mol. The first-order valence-electron chi connectivity index (χ1n) is 8.93. The molecule has 1 heterocycles. The molecule has 1 aliphatic heterocycles. The Morgan fingerprint density at radius 1 is 1.04 bits per heavy atom. The second-order valence-electron chi connectivity index (χ2n) is 5.72. The highest BCUT2D eigenvalue weighted by molar-refractivity contribution is 6.60. The summed E-state index contributed by atoms with van der Waals surface area (Å²) in [6.07, 6.45) is 4.39. The molecule has 0 aromatic carbocycles. The largest absolute Gasteiger partial charge is 0.500 e. The van der Waals surface area contributed by atoms with E-state index in [9.17, 15) is 0 Å². The minimum absolute atomic E-state index is 0.354. The SMILES string of the molecule is C=C(CCCOCC1CO1)CCC[Si](OCC)(OCC)OCC. The Balaban J connectivity index is 2.15. The number of epoxide rings is 1. The molecule has 0 N–H and O–H groups in total. The van der Waals surface area contributed by atoms with Crippen molar-refractivity contribution in [3.63, 3.8) is 0 Å². The van der Waals surface area contributed by atoms with Gasteiger partial charge in [0.05, 0.1) is 13.2 Å².